The van der Waals surface area contributed by atoms with Crippen molar-refractivity contribution in [1.29, 1.82) is 0 Å². The van der Waals surface area contributed by atoms with Crippen molar-refractivity contribution in [1.82, 2.24) is 19.8 Å². The summed E-state index contributed by atoms with van der Waals surface area (Å²) in [5.41, 5.74) is -0.765. The second-order valence-electron chi connectivity index (χ2n) is 9.84. The van der Waals surface area contributed by atoms with Crippen molar-refractivity contribution in [3.8, 4) is 0 Å². The number of hydrogen-bond acceptors (Lipinski definition) is 7. The van der Waals surface area contributed by atoms with Crippen molar-refractivity contribution in [3.63, 3.8) is 0 Å². The van der Waals surface area contributed by atoms with Crippen LogP contribution in [0.5, 0.6) is 0 Å². The van der Waals surface area contributed by atoms with Gasteiger partial charge in [-0.1, -0.05) is 25.7 Å². The monoisotopic (exact) mass is 454 g/mol. The maximum Gasteiger partial charge on any atom is 0.245 e. The highest BCUT2D eigenvalue weighted by Crippen LogP contribution is 2.38. The quantitative estimate of drug-likeness (QED) is 0.462. The van der Waals surface area contributed by atoms with Crippen LogP contribution in [-0.2, 0) is 14.4 Å². The second kappa shape index (κ2) is 10.4. The van der Waals surface area contributed by atoms with Crippen LogP contribution in [0.1, 0.15) is 51.9 Å². The lowest BCUT2D eigenvalue weighted by Crippen LogP contribution is -2.56. The summed E-state index contributed by atoms with van der Waals surface area (Å²) in [5.74, 6) is 1.14. The first-order valence-electron chi connectivity index (χ1n) is 12.2. The molecule has 9 heteroatoms. The van der Waals surface area contributed by atoms with Crippen molar-refractivity contribution in [2.24, 2.45) is 16.3 Å². The molecule has 2 amide bonds. The second-order valence-corrected chi connectivity index (χ2v) is 9.84. The molecule has 0 bridgehead atoms. The molecule has 4 rings (SSSR count). The predicted molar refractivity (Wildman–Crippen MR) is 123 cm³/mol. The number of aromatic nitrogens is 2. The van der Waals surface area contributed by atoms with E-state index in [1.54, 1.807) is 29.4 Å². The van der Waals surface area contributed by atoms with Crippen LogP contribution in [0.4, 0.5) is 5.95 Å². The van der Waals surface area contributed by atoms with Gasteiger partial charge in [-0.3, -0.25) is 9.59 Å². The third kappa shape index (κ3) is 5.24. The minimum absolute atomic E-state index is 0.0246. The number of amides is 2. The van der Waals surface area contributed by atoms with E-state index in [2.05, 4.69) is 19.9 Å². The van der Waals surface area contributed by atoms with Gasteiger partial charge in [0.2, 0.25) is 23.8 Å². The summed E-state index contributed by atoms with van der Waals surface area (Å²) in [5, 5.41) is 0. The molecule has 1 aliphatic carbocycles. The van der Waals surface area contributed by atoms with Gasteiger partial charge in [-0.2, -0.15) is 0 Å². The number of aliphatic imine (C=N–C) groups is 1. The fourth-order valence-electron chi connectivity index (χ4n) is 5.68. The molecular weight excluding hydrogens is 420 g/mol. The Morgan fingerprint density at radius 1 is 1.06 bits per heavy atom. The number of carbonyl (C=O) groups is 2. The topological polar surface area (TPSA) is 99.1 Å². The van der Waals surface area contributed by atoms with Gasteiger partial charge in [0, 0.05) is 45.1 Å². The molecule has 0 spiro atoms. The Balaban J connectivity index is 1.42. The first kappa shape index (κ1) is 23.4. The molecule has 0 aromatic carbocycles. The number of likely N-dealkylation sites (tertiary alicyclic amines) is 1. The first-order chi connectivity index (χ1) is 16.0. The normalized spacial score (nSPS) is 23.3. The molecule has 1 aromatic heterocycles. The fourth-order valence-corrected chi connectivity index (χ4v) is 5.68. The molecule has 9 nitrogen and oxygen atoms in total. The highest BCUT2D eigenvalue weighted by Gasteiger charge is 2.45. The SMILES string of the molecule is CC(CN=C=O)(CC1CCCC1)C(=O)N1CCC[C@H]1C(=O)N1CCN(c2ncccn2)CC1. The van der Waals surface area contributed by atoms with E-state index in [1.807, 2.05) is 11.8 Å². The summed E-state index contributed by atoms with van der Waals surface area (Å²) in [6.45, 7) is 5.15. The van der Waals surface area contributed by atoms with Crippen LogP contribution in [0.15, 0.2) is 23.5 Å². The summed E-state index contributed by atoms with van der Waals surface area (Å²) in [7, 11) is 0. The molecule has 1 aromatic rings. The number of rotatable bonds is 7. The van der Waals surface area contributed by atoms with Crippen LogP contribution in [0.2, 0.25) is 0 Å². The van der Waals surface area contributed by atoms with Crippen molar-refractivity contribution in [3.05, 3.63) is 18.5 Å². The molecule has 0 radical (unpaired) electrons. The number of isocyanates is 1. The molecule has 1 saturated carbocycles. The molecule has 0 N–H and O–H groups in total. The summed E-state index contributed by atoms with van der Waals surface area (Å²) in [4.78, 5) is 56.2. The Morgan fingerprint density at radius 3 is 2.42 bits per heavy atom. The zero-order chi connectivity index (χ0) is 23.3. The van der Waals surface area contributed by atoms with E-state index in [9.17, 15) is 14.4 Å². The van der Waals surface area contributed by atoms with Crippen LogP contribution in [-0.4, -0.2) is 83.0 Å². The van der Waals surface area contributed by atoms with Crippen LogP contribution >= 0.6 is 0 Å². The molecule has 1 unspecified atom stereocenters. The van der Waals surface area contributed by atoms with Gasteiger partial charge in [-0.15, -0.1) is 0 Å². The largest absolute Gasteiger partial charge is 0.337 e. The molecule has 2 aliphatic heterocycles. The third-order valence-corrected chi connectivity index (χ3v) is 7.45. The van der Waals surface area contributed by atoms with E-state index in [4.69, 9.17) is 0 Å². The summed E-state index contributed by atoms with van der Waals surface area (Å²) < 4.78 is 0. The zero-order valence-electron chi connectivity index (χ0n) is 19.5. The minimum Gasteiger partial charge on any atom is -0.337 e. The highest BCUT2D eigenvalue weighted by molar-refractivity contribution is 5.91. The van der Waals surface area contributed by atoms with E-state index in [0.717, 1.165) is 19.3 Å². The van der Waals surface area contributed by atoms with Gasteiger partial charge in [0.15, 0.2) is 0 Å². The van der Waals surface area contributed by atoms with Gasteiger partial charge in [0.1, 0.15) is 6.04 Å². The first-order valence-corrected chi connectivity index (χ1v) is 12.2. The average molecular weight is 455 g/mol. The molecular formula is C24H34N6O3. The molecule has 2 saturated heterocycles. The van der Waals surface area contributed by atoms with Gasteiger partial charge >= 0.3 is 0 Å². The Bertz CT molecular complexity index is 875. The van der Waals surface area contributed by atoms with Gasteiger partial charge in [0.25, 0.3) is 0 Å². The Hall–Kier alpha value is -2.80. The molecule has 3 aliphatic rings. The molecule has 33 heavy (non-hydrogen) atoms. The molecule has 3 heterocycles. The van der Waals surface area contributed by atoms with Gasteiger partial charge in [0.05, 0.1) is 12.0 Å². The Labute approximate surface area is 195 Å². The van der Waals surface area contributed by atoms with Gasteiger partial charge in [-0.25, -0.2) is 19.8 Å². The fraction of sp³-hybridized carbons (Fsp3) is 0.708. The zero-order valence-corrected chi connectivity index (χ0v) is 19.5. The van der Waals surface area contributed by atoms with E-state index < -0.39 is 11.5 Å². The van der Waals surface area contributed by atoms with Crippen molar-refractivity contribution in [2.45, 2.75) is 57.9 Å². The van der Waals surface area contributed by atoms with E-state index in [1.165, 1.54) is 12.8 Å². The maximum absolute atomic E-state index is 13.7. The smallest absolute Gasteiger partial charge is 0.245 e. The summed E-state index contributed by atoms with van der Waals surface area (Å²) in [6.07, 6.45) is 11.9. The number of piperazine rings is 1. The lowest BCUT2D eigenvalue weighted by atomic mass is 9.78. The Kier molecular flexibility index (Phi) is 7.38. The number of anilines is 1. The Morgan fingerprint density at radius 2 is 1.76 bits per heavy atom. The van der Waals surface area contributed by atoms with Crippen LogP contribution in [0, 0.1) is 11.3 Å². The highest BCUT2D eigenvalue weighted by atomic mass is 16.2. The van der Waals surface area contributed by atoms with Crippen LogP contribution in [0.3, 0.4) is 0 Å². The number of hydrogen-bond donors (Lipinski definition) is 0. The minimum atomic E-state index is -0.765. The third-order valence-electron chi connectivity index (χ3n) is 7.45. The molecule has 2 atom stereocenters. The summed E-state index contributed by atoms with van der Waals surface area (Å²) >= 11 is 0. The van der Waals surface area contributed by atoms with E-state index in [-0.39, 0.29) is 18.4 Å². The van der Waals surface area contributed by atoms with Crippen molar-refractivity contribution < 1.29 is 14.4 Å². The van der Waals surface area contributed by atoms with E-state index >= 15 is 0 Å². The maximum atomic E-state index is 13.7. The van der Waals surface area contributed by atoms with Crippen molar-refractivity contribution in [2.75, 3.05) is 44.2 Å². The summed E-state index contributed by atoms with van der Waals surface area (Å²) in [6, 6.07) is 1.36. The van der Waals surface area contributed by atoms with Gasteiger partial charge < -0.3 is 14.7 Å². The molecule has 178 valence electrons. The molecule has 3 fully saturated rings. The van der Waals surface area contributed by atoms with Crippen LogP contribution in [0.25, 0.3) is 0 Å². The average Bonchev–Trinajstić information content (AvgIpc) is 3.55. The lowest BCUT2D eigenvalue weighted by molar-refractivity contribution is -0.150. The standard InChI is InChI=1S/C24H34N6O3/c1-24(17-25-18-31,16-19-6-2-3-7-19)22(33)30-11-4-8-20(30)21(32)28-12-14-29(15-13-28)23-26-9-5-10-27-23/h5,9-10,19-20H,2-4,6-8,11-17H2,1H3/t20-,24?/m0/s1. The van der Waals surface area contributed by atoms with E-state index in [0.29, 0.717) is 57.4 Å². The predicted octanol–water partition coefficient (Wildman–Crippen LogP) is 2.04. The number of nitrogens with zero attached hydrogens (tertiary/aromatic N) is 6. The van der Waals surface area contributed by atoms with Crippen molar-refractivity contribution >= 4 is 23.8 Å². The lowest BCUT2D eigenvalue weighted by Gasteiger charge is -2.39. The van der Waals surface area contributed by atoms with Crippen LogP contribution < -0.4 is 4.90 Å². The van der Waals surface area contributed by atoms with Gasteiger partial charge in [-0.05, 0) is 38.2 Å². The number of carbonyl (C=O) groups excluding carboxylic acids is 3.